The molecule has 1 aromatic rings. The number of aromatic nitrogens is 2. The van der Waals surface area contributed by atoms with Crippen LogP contribution < -0.4 is 5.32 Å². The zero-order valence-corrected chi connectivity index (χ0v) is 8.08. The molecule has 0 saturated carbocycles. The topological polar surface area (TPSA) is 46.9 Å². The monoisotopic (exact) mass is 181 g/mol. The van der Waals surface area contributed by atoms with E-state index in [0.29, 0.717) is 13.0 Å². The van der Waals surface area contributed by atoms with Crippen molar-refractivity contribution in [2.24, 2.45) is 7.05 Å². The van der Waals surface area contributed by atoms with Crippen molar-refractivity contribution in [2.75, 3.05) is 13.1 Å². The van der Waals surface area contributed by atoms with Crippen LogP contribution in [0.5, 0.6) is 0 Å². The number of ketones is 1. The van der Waals surface area contributed by atoms with Crippen molar-refractivity contribution in [1.29, 1.82) is 0 Å². The van der Waals surface area contributed by atoms with Crippen LogP contribution in [0.1, 0.15) is 12.6 Å². The molecule has 0 atom stereocenters. The van der Waals surface area contributed by atoms with Gasteiger partial charge in [-0.15, -0.1) is 0 Å². The van der Waals surface area contributed by atoms with Gasteiger partial charge in [-0.25, -0.2) is 0 Å². The molecule has 0 saturated heterocycles. The number of rotatable bonds is 5. The quantitative estimate of drug-likeness (QED) is 0.703. The highest BCUT2D eigenvalue weighted by Crippen LogP contribution is 1.95. The fourth-order valence-electron chi connectivity index (χ4n) is 1.09. The molecule has 0 aliphatic carbocycles. The predicted molar refractivity (Wildman–Crippen MR) is 50.5 cm³/mol. The molecule has 1 rings (SSSR count). The lowest BCUT2D eigenvalue weighted by atomic mass is 10.2. The zero-order valence-electron chi connectivity index (χ0n) is 8.08. The molecule has 0 fully saturated rings. The fourth-order valence-corrected chi connectivity index (χ4v) is 1.09. The van der Waals surface area contributed by atoms with Crippen molar-refractivity contribution < 1.29 is 4.79 Å². The van der Waals surface area contributed by atoms with Crippen LogP contribution in [0.25, 0.3) is 0 Å². The van der Waals surface area contributed by atoms with Gasteiger partial charge < -0.3 is 5.32 Å². The molecular weight excluding hydrogens is 166 g/mol. The summed E-state index contributed by atoms with van der Waals surface area (Å²) in [6, 6.07) is 1.86. The Morgan fingerprint density at radius 3 is 3.00 bits per heavy atom. The van der Waals surface area contributed by atoms with E-state index in [0.717, 1.165) is 12.2 Å². The number of aryl methyl sites for hydroxylation is 1. The van der Waals surface area contributed by atoms with Gasteiger partial charge in [-0.3, -0.25) is 9.48 Å². The molecule has 1 aromatic heterocycles. The summed E-state index contributed by atoms with van der Waals surface area (Å²) in [5.74, 6) is 0.181. The minimum Gasteiger partial charge on any atom is -0.310 e. The number of nitrogens with one attached hydrogen (secondary N) is 1. The van der Waals surface area contributed by atoms with E-state index in [1.807, 2.05) is 26.2 Å². The third-order valence-corrected chi connectivity index (χ3v) is 1.72. The SMILES string of the molecule is CCNCC(=O)Cc1ccn(C)n1. The summed E-state index contributed by atoms with van der Waals surface area (Å²) in [5, 5.41) is 7.12. The molecule has 4 heteroatoms. The lowest BCUT2D eigenvalue weighted by molar-refractivity contribution is -0.117. The average molecular weight is 181 g/mol. The van der Waals surface area contributed by atoms with Crippen LogP contribution >= 0.6 is 0 Å². The first-order valence-electron chi connectivity index (χ1n) is 4.43. The van der Waals surface area contributed by atoms with Gasteiger partial charge >= 0.3 is 0 Å². The van der Waals surface area contributed by atoms with E-state index in [2.05, 4.69) is 10.4 Å². The van der Waals surface area contributed by atoms with Gasteiger partial charge in [0, 0.05) is 13.2 Å². The van der Waals surface area contributed by atoms with Gasteiger partial charge in [-0.1, -0.05) is 6.92 Å². The number of carbonyl (C=O) groups is 1. The summed E-state index contributed by atoms with van der Waals surface area (Å²) in [7, 11) is 1.85. The van der Waals surface area contributed by atoms with Crippen LogP contribution in [0, 0.1) is 0 Å². The second kappa shape index (κ2) is 4.77. The Hall–Kier alpha value is -1.16. The van der Waals surface area contributed by atoms with Crippen molar-refractivity contribution in [1.82, 2.24) is 15.1 Å². The maximum absolute atomic E-state index is 11.3. The molecule has 0 aliphatic heterocycles. The van der Waals surface area contributed by atoms with Crippen LogP contribution in [0.4, 0.5) is 0 Å². The summed E-state index contributed by atoms with van der Waals surface area (Å²) in [4.78, 5) is 11.3. The Morgan fingerprint density at radius 2 is 2.46 bits per heavy atom. The average Bonchev–Trinajstić information content (AvgIpc) is 2.48. The molecule has 0 spiro atoms. The van der Waals surface area contributed by atoms with E-state index in [4.69, 9.17) is 0 Å². The number of hydrogen-bond acceptors (Lipinski definition) is 3. The van der Waals surface area contributed by atoms with Crippen LogP contribution in [0.2, 0.25) is 0 Å². The Bertz CT molecular complexity index is 280. The Balaban J connectivity index is 2.36. The standard InChI is InChI=1S/C9H15N3O/c1-3-10-7-9(13)6-8-4-5-12(2)11-8/h4-5,10H,3,6-7H2,1-2H3. The second-order valence-corrected chi connectivity index (χ2v) is 2.98. The minimum absolute atomic E-state index is 0.181. The molecule has 0 amide bonds. The minimum atomic E-state index is 0.181. The molecule has 1 N–H and O–H groups in total. The highest BCUT2D eigenvalue weighted by atomic mass is 16.1. The summed E-state index contributed by atoms with van der Waals surface area (Å²) in [6.45, 7) is 3.25. The number of nitrogens with zero attached hydrogens (tertiary/aromatic N) is 2. The second-order valence-electron chi connectivity index (χ2n) is 2.98. The largest absolute Gasteiger partial charge is 0.310 e. The fraction of sp³-hybridized carbons (Fsp3) is 0.556. The van der Waals surface area contributed by atoms with Crippen molar-refractivity contribution >= 4 is 5.78 Å². The molecule has 0 aliphatic rings. The molecule has 0 unspecified atom stereocenters. The van der Waals surface area contributed by atoms with Crippen molar-refractivity contribution in [3.05, 3.63) is 18.0 Å². The predicted octanol–water partition coefficient (Wildman–Crippen LogP) is 0.141. The Morgan fingerprint density at radius 1 is 1.69 bits per heavy atom. The normalized spacial score (nSPS) is 10.3. The molecule has 4 nitrogen and oxygen atoms in total. The molecule has 0 radical (unpaired) electrons. The maximum atomic E-state index is 11.3. The highest BCUT2D eigenvalue weighted by Gasteiger charge is 2.04. The van der Waals surface area contributed by atoms with E-state index in [-0.39, 0.29) is 5.78 Å². The van der Waals surface area contributed by atoms with Crippen molar-refractivity contribution in [2.45, 2.75) is 13.3 Å². The van der Waals surface area contributed by atoms with Gasteiger partial charge in [0.15, 0.2) is 5.78 Å². The van der Waals surface area contributed by atoms with E-state index in [1.165, 1.54) is 0 Å². The van der Waals surface area contributed by atoms with Crippen molar-refractivity contribution in [3.8, 4) is 0 Å². The van der Waals surface area contributed by atoms with Gasteiger partial charge in [0.25, 0.3) is 0 Å². The smallest absolute Gasteiger partial charge is 0.152 e. The highest BCUT2D eigenvalue weighted by molar-refractivity contribution is 5.82. The molecule has 0 aromatic carbocycles. The summed E-state index contributed by atoms with van der Waals surface area (Å²) < 4.78 is 1.70. The van der Waals surface area contributed by atoms with E-state index < -0.39 is 0 Å². The number of likely N-dealkylation sites (N-methyl/N-ethyl adjacent to an activating group) is 1. The van der Waals surface area contributed by atoms with E-state index >= 15 is 0 Å². The first-order valence-corrected chi connectivity index (χ1v) is 4.43. The molecule has 13 heavy (non-hydrogen) atoms. The molecule has 0 bridgehead atoms. The summed E-state index contributed by atoms with van der Waals surface area (Å²) >= 11 is 0. The Labute approximate surface area is 77.9 Å². The summed E-state index contributed by atoms with van der Waals surface area (Å²) in [5.41, 5.74) is 0.838. The molecule has 72 valence electrons. The maximum Gasteiger partial charge on any atom is 0.152 e. The Kier molecular flexibility index (Phi) is 3.64. The number of Topliss-reactive ketones (excluding diaryl/α,β-unsaturated/α-hetero) is 1. The lowest BCUT2D eigenvalue weighted by Gasteiger charge is -1.98. The summed E-state index contributed by atoms with van der Waals surface area (Å²) in [6.07, 6.45) is 2.27. The van der Waals surface area contributed by atoms with Crippen LogP contribution in [0.15, 0.2) is 12.3 Å². The van der Waals surface area contributed by atoms with Gasteiger partial charge in [0.2, 0.25) is 0 Å². The third-order valence-electron chi connectivity index (χ3n) is 1.72. The first-order chi connectivity index (χ1) is 6.22. The van der Waals surface area contributed by atoms with Gasteiger partial charge in [0.05, 0.1) is 18.7 Å². The number of carbonyl (C=O) groups excluding carboxylic acids is 1. The lowest BCUT2D eigenvalue weighted by Crippen LogP contribution is -2.23. The first kappa shape index (κ1) is 9.92. The van der Waals surface area contributed by atoms with Crippen molar-refractivity contribution in [3.63, 3.8) is 0 Å². The van der Waals surface area contributed by atoms with E-state index in [1.54, 1.807) is 4.68 Å². The van der Waals surface area contributed by atoms with Crippen LogP contribution in [-0.2, 0) is 18.3 Å². The van der Waals surface area contributed by atoms with Crippen LogP contribution in [-0.4, -0.2) is 28.7 Å². The zero-order chi connectivity index (χ0) is 9.68. The van der Waals surface area contributed by atoms with E-state index in [9.17, 15) is 4.79 Å². The molecular formula is C9H15N3O. The van der Waals surface area contributed by atoms with Gasteiger partial charge in [-0.2, -0.15) is 5.10 Å². The van der Waals surface area contributed by atoms with Gasteiger partial charge in [0.1, 0.15) is 0 Å². The van der Waals surface area contributed by atoms with Gasteiger partial charge in [-0.05, 0) is 12.6 Å². The van der Waals surface area contributed by atoms with Crippen LogP contribution in [0.3, 0.4) is 0 Å². The third kappa shape index (κ3) is 3.38. The number of hydrogen-bond donors (Lipinski definition) is 1. The molecule has 1 heterocycles.